The molecule has 0 aromatic heterocycles. The fourth-order valence-electron chi connectivity index (χ4n) is 3.60. The van der Waals surface area contributed by atoms with Gasteiger partial charge in [0.05, 0.1) is 11.8 Å². The van der Waals surface area contributed by atoms with Crippen molar-refractivity contribution < 1.29 is 14.0 Å². The first-order chi connectivity index (χ1) is 14.5. The number of rotatable bonds is 5. The van der Waals surface area contributed by atoms with Gasteiger partial charge in [-0.2, -0.15) is 5.10 Å². The van der Waals surface area contributed by atoms with Crippen LogP contribution in [-0.2, 0) is 9.59 Å². The summed E-state index contributed by atoms with van der Waals surface area (Å²) in [6.45, 7) is 7.88. The topological polar surface area (TPSA) is 53.0 Å². The molecular formula is C25H30FN3O2. The van der Waals surface area contributed by atoms with Gasteiger partial charge in [-0.05, 0) is 24.0 Å². The van der Waals surface area contributed by atoms with Gasteiger partial charge in [0.1, 0.15) is 12.4 Å². The van der Waals surface area contributed by atoms with E-state index in [0.29, 0.717) is 24.1 Å². The SMILES string of the molecule is Cc1ccc(C2CC(c3ccccc3F)=NN2C(=O)CN(C)C(=O)CC(C)(C)C)cc1. The van der Waals surface area contributed by atoms with E-state index in [2.05, 4.69) is 5.10 Å². The highest BCUT2D eigenvalue weighted by molar-refractivity contribution is 6.03. The molecule has 164 valence electrons. The lowest BCUT2D eigenvalue weighted by atomic mass is 9.92. The van der Waals surface area contributed by atoms with E-state index in [-0.39, 0.29) is 35.6 Å². The van der Waals surface area contributed by atoms with Crippen molar-refractivity contribution in [1.82, 2.24) is 9.91 Å². The Bertz CT molecular complexity index is 993. The number of carbonyl (C=O) groups is 2. The van der Waals surface area contributed by atoms with Crippen molar-refractivity contribution >= 4 is 17.5 Å². The number of hydrogen-bond donors (Lipinski definition) is 0. The number of benzene rings is 2. The van der Waals surface area contributed by atoms with Gasteiger partial charge < -0.3 is 4.90 Å². The molecule has 5 nitrogen and oxygen atoms in total. The zero-order valence-corrected chi connectivity index (χ0v) is 18.9. The van der Waals surface area contributed by atoms with E-state index in [9.17, 15) is 14.0 Å². The Kier molecular flexibility index (Phi) is 6.58. The first kappa shape index (κ1) is 22.7. The number of likely N-dealkylation sites (N-methyl/N-ethyl adjacent to an activating group) is 1. The molecule has 3 rings (SSSR count). The Morgan fingerprint density at radius 2 is 1.77 bits per heavy atom. The quantitative estimate of drug-likeness (QED) is 0.700. The first-order valence-corrected chi connectivity index (χ1v) is 10.5. The molecule has 2 amide bonds. The molecule has 1 aliphatic rings. The maximum Gasteiger partial charge on any atom is 0.262 e. The molecule has 0 saturated carbocycles. The number of nitrogens with zero attached hydrogens (tertiary/aromatic N) is 3. The Labute approximate surface area is 183 Å². The Balaban J connectivity index is 1.86. The Morgan fingerprint density at radius 3 is 2.39 bits per heavy atom. The fraction of sp³-hybridized carbons (Fsp3) is 0.400. The number of carbonyl (C=O) groups excluding carboxylic acids is 2. The second-order valence-corrected chi connectivity index (χ2v) is 9.38. The van der Waals surface area contributed by atoms with Crippen LogP contribution in [0.1, 0.15) is 56.3 Å². The molecule has 0 saturated heterocycles. The lowest BCUT2D eigenvalue weighted by Gasteiger charge is -2.26. The highest BCUT2D eigenvalue weighted by atomic mass is 19.1. The standard InChI is InChI=1S/C25H30FN3O2/c1-17-10-12-18(13-11-17)22-14-21(19-8-6-7-9-20(19)26)27-29(22)24(31)16-28(5)23(30)15-25(2,3)4/h6-13,22H,14-16H2,1-5H3. The number of amides is 2. The Morgan fingerprint density at radius 1 is 1.13 bits per heavy atom. The maximum atomic E-state index is 14.4. The fourth-order valence-corrected chi connectivity index (χ4v) is 3.60. The normalized spacial score (nSPS) is 16.3. The second-order valence-electron chi connectivity index (χ2n) is 9.38. The van der Waals surface area contributed by atoms with Crippen LogP contribution in [0.15, 0.2) is 53.6 Å². The van der Waals surface area contributed by atoms with E-state index >= 15 is 0 Å². The summed E-state index contributed by atoms with van der Waals surface area (Å²) in [5.74, 6) is -0.748. The Hall–Kier alpha value is -3.02. The van der Waals surface area contributed by atoms with Crippen molar-refractivity contribution in [2.45, 2.75) is 46.6 Å². The third-order valence-electron chi connectivity index (χ3n) is 5.29. The number of hydrogen-bond acceptors (Lipinski definition) is 3. The van der Waals surface area contributed by atoms with Crippen LogP contribution in [0.4, 0.5) is 4.39 Å². The molecule has 1 atom stereocenters. The van der Waals surface area contributed by atoms with E-state index in [1.54, 1.807) is 25.2 Å². The van der Waals surface area contributed by atoms with E-state index < -0.39 is 0 Å². The van der Waals surface area contributed by atoms with Crippen LogP contribution in [0.25, 0.3) is 0 Å². The highest BCUT2D eigenvalue weighted by Gasteiger charge is 2.34. The van der Waals surface area contributed by atoms with Gasteiger partial charge in [0.2, 0.25) is 5.91 Å². The van der Waals surface area contributed by atoms with Gasteiger partial charge in [-0.25, -0.2) is 9.40 Å². The first-order valence-electron chi connectivity index (χ1n) is 10.5. The van der Waals surface area contributed by atoms with Gasteiger partial charge in [0.15, 0.2) is 0 Å². The molecule has 0 N–H and O–H groups in total. The van der Waals surface area contributed by atoms with Crippen LogP contribution >= 0.6 is 0 Å². The number of aryl methyl sites for hydroxylation is 1. The molecule has 0 aliphatic carbocycles. The summed E-state index contributed by atoms with van der Waals surface area (Å²) in [4.78, 5) is 27.1. The van der Waals surface area contributed by atoms with E-state index in [1.165, 1.54) is 16.0 Å². The molecule has 1 aliphatic heterocycles. The van der Waals surface area contributed by atoms with Gasteiger partial charge in [-0.3, -0.25) is 9.59 Å². The van der Waals surface area contributed by atoms with Crippen molar-refractivity contribution in [1.29, 1.82) is 0 Å². The molecule has 0 radical (unpaired) electrons. The van der Waals surface area contributed by atoms with Crippen molar-refractivity contribution in [3.8, 4) is 0 Å². The van der Waals surface area contributed by atoms with Crippen molar-refractivity contribution in [3.05, 3.63) is 71.0 Å². The van der Waals surface area contributed by atoms with Crippen LogP contribution in [0.5, 0.6) is 0 Å². The van der Waals surface area contributed by atoms with E-state index in [4.69, 9.17) is 0 Å². The van der Waals surface area contributed by atoms with Crippen LogP contribution < -0.4 is 0 Å². The number of halogens is 1. The van der Waals surface area contributed by atoms with Crippen molar-refractivity contribution in [3.63, 3.8) is 0 Å². The maximum absolute atomic E-state index is 14.4. The minimum atomic E-state index is -0.365. The molecule has 0 spiro atoms. The smallest absolute Gasteiger partial charge is 0.262 e. The predicted octanol–water partition coefficient (Wildman–Crippen LogP) is 4.71. The highest BCUT2D eigenvalue weighted by Crippen LogP contribution is 2.33. The van der Waals surface area contributed by atoms with Crippen molar-refractivity contribution in [2.75, 3.05) is 13.6 Å². The van der Waals surface area contributed by atoms with Gasteiger partial charge in [-0.1, -0.05) is 68.8 Å². The monoisotopic (exact) mass is 423 g/mol. The molecule has 2 aromatic rings. The summed E-state index contributed by atoms with van der Waals surface area (Å²) in [6, 6.07) is 14.0. The molecule has 1 heterocycles. The average molecular weight is 424 g/mol. The molecule has 1 unspecified atom stereocenters. The van der Waals surface area contributed by atoms with E-state index in [0.717, 1.165) is 11.1 Å². The molecule has 31 heavy (non-hydrogen) atoms. The lowest BCUT2D eigenvalue weighted by molar-refractivity contribution is -0.141. The van der Waals surface area contributed by atoms with Crippen LogP contribution in [0.2, 0.25) is 0 Å². The van der Waals surface area contributed by atoms with Crippen LogP contribution in [0, 0.1) is 18.2 Å². The van der Waals surface area contributed by atoms with Crippen LogP contribution in [0.3, 0.4) is 0 Å². The molecule has 0 fully saturated rings. The summed E-state index contributed by atoms with van der Waals surface area (Å²) in [6.07, 6.45) is 0.761. The zero-order chi connectivity index (χ0) is 22.8. The average Bonchev–Trinajstić information content (AvgIpc) is 3.13. The molecule has 6 heteroatoms. The van der Waals surface area contributed by atoms with E-state index in [1.807, 2.05) is 52.0 Å². The predicted molar refractivity (Wildman–Crippen MR) is 120 cm³/mol. The van der Waals surface area contributed by atoms with Gasteiger partial charge >= 0.3 is 0 Å². The lowest BCUT2D eigenvalue weighted by Crippen LogP contribution is -2.40. The second kappa shape index (κ2) is 9.00. The largest absolute Gasteiger partial charge is 0.336 e. The van der Waals surface area contributed by atoms with Gasteiger partial charge in [-0.15, -0.1) is 0 Å². The van der Waals surface area contributed by atoms with Crippen molar-refractivity contribution in [2.24, 2.45) is 10.5 Å². The minimum absolute atomic E-state index is 0.0780. The third-order valence-corrected chi connectivity index (χ3v) is 5.29. The summed E-state index contributed by atoms with van der Waals surface area (Å²) < 4.78 is 14.4. The molecule has 0 bridgehead atoms. The summed E-state index contributed by atoms with van der Waals surface area (Å²) in [5.41, 5.74) is 2.80. The minimum Gasteiger partial charge on any atom is -0.336 e. The summed E-state index contributed by atoms with van der Waals surface area (Å²) in [5, 5.41) is 5.92. The summed E-state index contributed by atoms with van der Waals surface area (Å²) >= 11 is 0. The van der Waals surface area contributed by atoms with Crippen LogP contribution in [-0.4, -0.2) is 41.0 Å². The molecular weight excluding hydrogens is 393 g/mol. The van der Waals surface area contributed by atoms with Gasteiger partial charge in [0, 0.05) is 25.5 Å². The molecule has 2 aromatic carbocycles. The number of hydrazone groups is 1. The van der Waals surface area contributed by atoms with Gasteiger partial charge in [0.25, 0.3) is 5.91 Å². The third kappa shape index (κ3) is 5.57. The summed E-state index contributed by atoms with van der Waals surface area (Å²) in [7, 11) is 1.63. The zero-order valence-electron chi connectivity index (χ0n) is 18.9.